The van der Waals surface area contributed by atoms with Crippen LogP contribution in [0.3, 0.4) is 0 Å². The van der Waals surface area contributed by atoms with Crippen LogP contribution in [0, 0.1) is 11.3 Å². The number of nitrogens with one attached hydrogen (secondary N) is 1. The van der Waals surface area contributed by atoms with Crippen LogP contribution in [0.5, 0.6) is 11.5 Å². The van der Waals surface area contributed by atoms with Gasteiger partial charge in [0.25, 0.3) is 0 Å². The second-order valence-corrected chi connectivity index (χ2v) is 8.46. The van der Waals surface area contributed by atoms with Crippen molar-refractivity contribution in [2.24, 2.45) is 11.3 Å². The summed E-state index contributed by atoms with van der Waals surface area (Å²) in [6, 6.07) is 5.62. The molecule has 140 valence electrons. The smallest absolute Gasteiger partial charge is 0.229 e. The molecular weight excluding hydrogens is 361 g/mol. The fourth-order valence-corrected chi connectivity index (χ4v) is 3.55. The van der Waals surface area contributed by atoms with Gasteiger partial charge in [-0.05, 0) is 50.8 Å². The first-order valence-corrected chi connectivity index (χ1v) is 9.50. The average Bonchev–Trinajstić information content (AvgIpc) is 3.06. The monoisotopic (exact) mass is 387 g/mol. The molecule has 0 spiro atoms. The minimum Gasteiger partial charge on any atom is -0.490 e. The molecule has 6 heteroatoms. The largest absolute Gasteiger partial charge is 0.490 e. The van der Waals surface area contributed by atoms with Crippen molar-refractivity contribution in [3.8, 4) is 11.5 Å². The standard InChI is InChI=1S/C19H27Cl2NO3/c1-6-24-14-9-8-13(10-15(14)25-7-2)16(12(3)4)22-17(23)18(5)11-19(18,20)21/h8-10,12,16H,6-7,11H2,1-5H3,(H,22,23). The summed E-state index contributed by atoms with van der Waals surface area (Å²) in [5.74, 6) is 1.46. The van der Waals surface area contributed by atoms with E-state index in [1.165, 1.54) is 0 Å². The summed E-state index contributed by atoms with van der Waals surface area (Å²) < 4.78 is 10.3. The summed E-state index contributed by atoms with van der Waals surface area (Å²) in [5.41, 5.74) is 0.228. The van der Waals surface area contributed by atoms with E-state index < -0.39 is 9.75 Å². The first kappa shape index (κ1) is 20.2. The van der Waals surface area contributed by atoms with Crippen molar-refractivity contribution in [2.45, 2.75) is 51.4 Å². The normalized spacial score (nSPS) is 22.4. The third kappa shape index (κ3) is 4.17. The molecule has 4 nitrogen and oxygen atoms in total. The number of carbonyl (C=O) groups excluding carboxylic acids is 1. The van der Waals surface area contributed by atoms with Crippen LogP contribution in [-0.4, -0.2) is 23.5 Å². The lowest BCUT2D eigenvalue weighted by Crippen LogP contribution is -2.38. The van der Waals surface area contributed by atoms with Crippen LogP contribution in [0.25, 0.3) is 0 Å². The maximum Gasteiger partial charge on any atom is 0.229 e. The van der Waals surface area contributed by atoms with Gasteiger partial charge in [0, 0.05) is 0 Å². The van der Waals surface area contributed by atoms with Crippen molar-refractivity contribution in [1.82, 2.24) is 5.32 Å². The molecular formula is C19H27Cl2NO3. The van der Waals surface area contributed by atoms with Crippen LogP contribution in [0.1, 0.15) is 52.6 Å². The van der Waals surface area contributed by atoms with E-state index in [2.05, 4.69) is 19.2 Å². The maximum absolute atomic E-state index is 12.7. The number of hydrogen-bond acceptors (Lipinski definition) is 3. The molecule has 1 fully saturated rings. The number of halogens is 2. The van der Waals surface area contributed by atoms with Gasteiger partial charge in [0.1, 0.15) is 4.33 Å². The molecule has 1 N–H and O–H groups in total. The van der Waals surface area contributed by atoms with Gasteiger partial charge < -0.3 is 14.8 Å². The highest BCUT2D eigenvalue weighted by molar-refractivity contribution is 6.53. The van der Waals surface area contributed by atoms with Crippen molar-refractivity contribution < 1.29 is 14.3 Å². The number of ether oxygens (including phenoxy) is 2. The Balaban J connectivity index is 2.25. The van der Waals surface area contributed by atoms with E-state index in [0.29, 0.717) is 31.1 Å². The van der Waals surface area contributed by atoms with E-state index in [4.69, 9.17) is 32.7 Å². The molecule has 1 aromatic carbocycles. The Hall–Kier alpha value is -1.13. The number of hydrogen-bond donors (Lipinski definition) is 1. The Labute approximate surface area is 160 Å². The number of benzene rings is 1. The molecule has 2 unspecified atom stereocenters. The van der Waals surface area contributed by atoms with Gasteiger partial charge in [-0.1, -0.05) is 19.9 Å². The van der Waals surface area contributed by atoms with Crippen LogP contribution in [0.15, 0.2) is 18.2 Å². The second kappa shape index (κ2) is 7.63. The van der Waals surface area contributed by atoms with Gasteiger partial charge in [-0.25, -0.2) is 0 Å². The molecule has 1 aliphatic rings. The highest BCUT2D eigenvalue weighted by Crippen LogP contribution is 2.64. The summed E-state index contributed by atoms with van der Waals surface area (Å²) >= 11 is 12.3. The minimum absolute atomic E-state index is 0.122. The highest BCUT2D eigenvalue weighted by atomic mass is 35.5. The number of alkyl halides is 2. The fourth-order valence-electron chi connectivity index (χ4n) is 2.84. The number of amides is 1. The molecule has 0 radical (unpaired) electrons. The van der Waals surface area contributed by atoms with E-state index in [9.17, 15) is 4.79 Å². The summed E-state index contributed by atoms with van der Waals surface area (Å²) in [4.78, 5) is 12.7. The van der Waals surface area contributed by atoms with E-state index in [1.807, 2.05) is 32.0 Å². The van der Waals surface area contributed by atoms with Crippen LogP contribution in [0.4, 0.5) is 0 Å². The quantitative estimate of drug-likeness (QED) is 0.646. The average molecular weight is 388 g/mol. The zero-order chi connectivity index (χ0) is 18.8. The summed E-state index contributed by atoms with van der Waals surface area (Å²) in [6.45, 7) is 10.9. The number of rotatable bonds is 8. The van der Waals surface area contributed by atoms with E-state index >= 15 is 0 Å². The van der Waals surface area contributed by atoms with Crippen molar-refractivity contribution in [2.75, 3.05) is 13.2 Å². The van der Waals surface area contributed by atoms with Gasteiger partial charge in [0.05, 0.1) is 24.7 Å². The van der Waals surface area contributed by atoms with Gasteiger partial charge in [0.2, 0.25) is 5.91 Å². The van der Waals surface area contributed by atoms with Crippen LogP contribution in [0.2, 0.25) is 0 Å². The topological polar surface area (TPSA) is 47.6 Å². The van der Waals surface area contributed by atoms with Gasteiger partial charge in [-0.2, -0.15) is 0 Å². The van der Waals surface area contributed by atoms with Crippen LogP contribution in [-0.2, 0) is 4.79 Å². The Morgan fingerprint density at radius 3 is 2.24 bits per heavy atom. The molecule has 1 aliphatic carbocycles. The molecule has 1 aromatic rings. The molecule has 25 heavy (non-hydrogen) atoms. The van der Waals surface area contributed by atoms with E-state index in [-0.39, 0.29) is 17.9 Å². The lowest BCUT2D eigenvalue weighted by atomic mass is 9.94. The summed E-state index contributed by atoms with van der Waals surface area (Å²) in [6.07, 6.45) is 0.466. The van der Waals surface area contributed by atoms with Crippen molar-refractivity contribution in [3.63, 3.8) is 0 Å². The van der Waals surface area contributed by atoms with E-state index in [1.54, 1.807) is 6.92 Å². The van der Waals surface area contributed by atoms with Gasteiger partial charge in [-0.3, -0.25) is 4.79 Å². The summed E-state index contributed by atoms with van der Waals surface area (Å²) in [7, 11) is 0. The van der Waals surface area contributed by atoms with Crippen LogP contribution < -0.4 is 14.8 Å². The Kier molecular flexibility index (Phi) is 6.16. The molecule has 0 bridgehead atoms. The molecule has 0 aliphatic heterocycles. The van der Waals surface area contributed by atoms with Gasteiger partial charge >= 0.3 is 0 Å². The Morgan fingerprint density at radius 2 is 1.76 bits per heavy atom. The van der Waals surface area contributed by atoms with Gasteiger partial charge in [0.15, 0.2) is 11.5 Å². The molecule has 1 amide bonds. The SMILES string of the molecule is CCOc1ccc(C(NC(=O)C2(C)CC2(Cl)Cl)C(C)C)cc1OCC. The third-order valence-corrected chi connectivity index (χ3v) is 5.74. The van der Waals surface area contributed by atoms with Crippen molar-refractivity contribution >= 4 is 29.1 Å². The van der Waals surface area contributed by atoms with Crippen molar-refractivity contribution in [1.29, 1.82) is 0 Å². The zero-order valence-corrected chi connectivity index (χ0v) is 17.0. The first-order valence-electron chi connectivity index (χ1n) is 8.74. The Bertz CT molecular complexity index is 633. The molecule has 2 rings (SSSR count). The molecule has 1 saturated carbocycles. The van der Waals surface area contributed by atoms with Gasteiger partial charge in [-0.15, -0.1) is 23.2 Å². The molecule has 0 aromatic heterocycles. The maximum atomic E-state index is 12.7. The highest BCUT2D eigenvalue weighted by Gasteiger charge is 2.68. The van der Waals surface area contributed by atoms with Crippen LogP contribution >= 0.6 is 23.2 Å². The minimum atomic E-state index is -0.978. The predicted octanol–water partition coefficient (Wildman–Crippen LogP) is 4.88. The third-order valence-electron chi connectivity index (χ3n) is 4.64. The van der Waals surface area contributed by atoms with E-state index in [0.717, 1.165) is 5.56 Å². The lowest BCUT2D eigenvalue weighted by Gasteiger charge is -2.26. The molecule has 2 atom stereocenters. The Morgan fingerprint density at radius 1 is 1.20 bits per heavy atom. The summed E-state index contributed by atoms with van der Waals surface area (Å²) in [5, 5.41) is 3.11. The zero-order valence-electron chi connectivity index (χ0n) is 15.5. The lowest BCUT2D eigenvalue weighted by molar-refractivity contribution is -0.126. The molecule has 0 saturated heterocycles. The second-order valence-electron chi connectivity index (χ2n) is 6.98. The predicted molar refractivity (Wildman–Crippen MR) is 102 cm³/mol. The fraction of sp³-hybridized carbons (Fsp3) is 0.632. The molecule has 0 heterocycles. The first-order chi connectivity index (χ1) is 11.7. The number of carbonyl (C=O) groups is 1. The van der Waals surface area contributed by atoms with Crippen molar-refractivity contribution in [3.05, 3.63) is 23.8 Å².